The average Bonchev–Trinajstić information content (AvgIpc) is 3.00. The number of hydrogen-bond donors (Lipinski definition) is 3. The molecule has 1 amide bonds. The normalized spacial score (nSPS) is 16.1. The summed E-state index contributed by atoms with van der Waals surface area (Å²) in [5.41, 5.74) is 1.17. The van der Waals surface area contributed by atoms with E-state index < -0.39 is 15.1 Å². The molecule has 5 rings (SSSR count). The number of ether oxygens (including phenoxy) is 2. The molecule has 1 fully saturated rings. The maximum atomic E-state index is 13.7. The highest BCUT2D eigenvalue weighted by atomic mass is 35.5. The van der Waals surface area contributed by atoms with Crippen molar-refractivity contribution in [2.45, 2.75) is 62.8 Å². The highest BCUT2D eigenvalue weighted by molar-refractivity contribution is 7.92. The van der Waals surface area contributed by atoms with Gasteiger partial charge in [-0.15, -0.1) is 0 Å². The first-order valence-corrected chi connectivity index (χ1v) is 16.9. The van der Waals surface area contributed by atoms with Gasteiger partial charge in [0.1, 0.15) is 16.5 Å². The highest BCUT2D eigenvalue weighted by Crippen LogP contribution is 2.39. The summed E-state index contributed by atoms with van der Waals surface area (Å²) in [6.07, 6.45) is 2.81. The Morgan fingerprint density at radius 1 is 1.11 bits per heavy atom. The molecule has 3 aromatic rings. The third-order valence-corrected chi connectivity index (χ3v) is 10.3. The number of β-amino-alcohol motifs (C(OH)–C–C–N with tert-alkyl or cyclic N) is 1. The molecular formula is C31H39ClN6O6S. The standard InChI is InChI=1S/C31H39ClN6O6S/c1-19(2)44-27-16-26-22(30(40)38(18-43-26)21-9-11-37(12-10-21)13-14-39)15-25(27)35-31-33-17-23(32)29(36-31)34-24-7-5-6-8-28(24)45(41,42)20(3)4/h5-8,15-17,19-21,39H,9-14,18H2,1-4H3,(H2,33,34,35,36). The number of para-hydroxylation sites is 1. The third kappa shape index (κ3) is 7.27. The number of likely N-dealkylation sites (tertiary alicyclic amines) is 1. The Hall–Kier alpha value is -3.65. The molecule has 14 heteroatoms. The predicted molar refractivity (Wildman–Crippen MR) is 173 cm³/mol. The number of sulfone groups is 1. The summed E-state index contributed by atoms with van der Waals surface area (Å²) >= 11 is 6.44. The van der Waals surface area contributed by atoms with Crippen molar-refractivity contribution in [1.82, 2.24) is 19.8 Å². The fourth-order valence-electron chi connectivity index (χ4n) is 5.35. The molecule has 0 bridgehead atoms. The van der Waals surface area contributed by atoms with E-state index in [1.165, 1.54) is 12.3 Å². The van der Waals surface area contributed by atoms with E-state index >= 15 is 0 Å². The van der Waals surface area contributed by atoms with Gasteiger partial charge in [-0.1, -0.05) is 23.7 Å². The van der Waals surface area contributed by atoms with Crippen LogP contribution in [0.3, 0.4) is 0 Å². The number of aromatic nitrogens is 2. The van der Waals surface area contributed by atoms with Crippen molar-refractivity contribution in [3.8, 4) is 11.5 Å². The maximum absolute atomic E-state index is 13.7. The lowest BCUT2D eigenvalue weighted by Gasteiger charge is -2.40. The van der Waals surface area contributed by atoms with Crippen molar-refractivity contribution in [3.05, 3.63) is 53.2 Å². The van der Waals surface area contributed by atoms with Gasteiger partial charge in [0.2, 0.25) is 5.95 Å². The summed E-state index contributed by atoms with van der Waals surface area (Å²) in [5, 5.41) is 15.0. The van der Waals surface area contributed by atoms with Crippen LogP contribution in [0, 0.1) is 0 Å². The van der Waals surface area contributed by atoms with Crippen LogP contribution in [0.1, 0.15) is 50.9 Å². The van der Waals surface area contributed by atoms with Gasteiger partial charge in [0.05, 0.1) is 46.0 Å². The summed E-state index contributed by atoms with van der Waals surface area (Å²) in [7, 11) is -3.59. The Bertz CT molecular complexity index is 1650. The second-order valence-corrected chi connectivity index (χ2v) is 14.5. The number of aliphatic hydroxyl groups excluding tert-OH is 1. The van der Waals surface area contributed by atoms with Gasteiger partial charge in [-0.05, 0) is 58.7 Å². The van der Waals surface area contributed by atoms with Gasteiger partial charge in [0.25, 0.3) is 5.91 Å². The van der Waals surface area contributed by atoms with Gasteiger partial charge in [-0.25, -0.2) is 13.4 Å². The first-order chi connectivity index (χ1) is 21.5. The van der Waals surface area contributed by atoms with Crippen molar-refractivity contribution in [2.24, 2.45) is 0 Å². The molecule has 0 atom stereocenters. The minimum absolute atomic E-state index is 0.0270. The number of carbonyl (C=O) groups is 1. The Labute approximate surface area is 268 Å². The second-order valence-electron chi connectivity index (χ2n) is 11.6. The summed E-state index contributed by atoms with van der Waals surface area (Å²) in [5.74, 6) is 1.08. The number of fused-ring (bicyclic) bond motifs is 1. The molecule has 2 aliphatic heterocycles. The number of nitrogens with one attached hydrogen (secondary N) is 2. The van der Waals surface area contributed by atoms with Gasteiger partial charge in [0.15, 0.2) is 22.4 Å². The summed E-state index contributed by atoms with van der Waals surface area (Å²) in [6, 6.07) is 9.96. The van der Waals surface area contributed by atoms with E-state index in [9.17, 15) is 18.3 Å². The van der Waals surface area contributed by atoms with Crippen molar-refractivity contribution >= 4 is 50.5 Å². The van der Waals surface area contributed by atoms with Gasteiger partial charge < -0.3 is 35.0 Å². The van der Waals surface area contributed by atoms with E-state index in [0.717, 1.165) is 25.9 Å². The minimum Gasteiger partial charge on any atom is -0.489 e. The fourth-order valence-corrected chi connectivity index (χ4v) is 6.69. The van der Waals surface area contributed by atoms with Crippen molar-refractivity contribution in [3.63, 3.8) is 0 Å². The number of piperidine rings is 1. The molecule has 242 valence electrons. The molecule has 2 aromatic carbocycles. The quantitative estimate of drug-likeness (QED) is 0.260. The third-order valence-electron chi connectivity index (χ3n) is 7.77. The molecule has 12 nitrogen and oxygen atoms in total. The minimum atomic E-state index is -3.59. The second kappa shape index (κ2) is 13.8. The van der Waals surface area contributed by atoms with Crippen molar-refractivity contribution in [2.75, 3.05) is 43.6 Å². The van der Waals surface area contributed by atoms with Crippen LogP contribution in [0.2, 0.25) is 5.02 Å². The Morgan fingerprint density at radius 2 is 1.84 bits per heavy atom. The van der Waals surface area contributed by atoms with Crippen LogP contribution in [0.25, 0.3) is 0 Å². The molecule has 0 aliphatic carbocycles. The number of benzene rings is 2. The molecule has 3 heterocycles. The lowest BCUT2D eigenvalue weighted by molar-refractivity contribution is 0.0233. The summed E-state index contributed by atoms with van der Waals surface area (Å²) in [4.78, 5) is 26.7. The number of nitrogens with zero attached hydrogens (tertiary/aromatic N) is 4. The largest absolute Gasteiger partial charge is 0.489 e. The fraction of sp³-hybridized carbons (Fsp3) is 0.452. The Balaban J connectivity index is 1.42. The van der Waals surface area contributed by atoms with E-state index in [0.29, 0.717) is 35.0 Å². The summed E-state index contributed by atoms with van der Waals surface area (Å²) < 4.78 is 38.1. The van der Waals surface area contributed by atoms with Gasteiger partial charge in [-0.2, -0.15) is 4.98 Å². The number of anilines is 4. The molecule has 0 saturated carbocycles. The Morgan fingerprint density at radius 3 is 2.53 bits per heavy atom. The molecule has 1 aromatic heterocycles. The Kier molecular flexibility index (Phi) is 10.0. The zero-order valence-electron chi connectivity index (χ0n) is 25.8. The van der Waals surface area contributed by atoms with E-state index in [1.54, 1.807) is 49.1 Å². The van der Waals surface area contributed by atoms with Crippen LogP contribution >= 0.6 is 11.6 Å². The van der Waals surface area contributed by atoms with Crippen LogP contribution in [-0.2, 0) is 9.84 Å². The number of halogens is 1. The van der Waals surface area contributed by atoms with Crippen LogP contribution in [0.15, 0.2) is 47.5 Å². The molecule has 0 unspecified atom stereocenters. The van der Waals surface area contributed by atoms with Crippen molar-refractivity contribution in [1.29, 1.82) is 0 Å². The zero-order valence-corrected chi connectivity index (χ0v) is 27.4. The summed E-state index contributed by atoms with van der Waals surface area (Å²) in [6.45, 7) is 9.52. The number of rotatable bonds is 11. The lowest BCUT2D eigenvalue weighted by Crippen LogP contribution is -2.50. The van der Waals surface area contributed by atoms with Crippen LogP contribution in [0.5, 0.6) is 11.5 Å². The number of hydrogen-bond acceptors (Lipinski definition) is 11. The first kappa shape index (κ1) is 32.7. The smallest absolute Gasteiger partial charge is 0.260 e. The predicted octanol–water partition coefficient (Wildman–Crippen LogP) is 4.84. The van der Waals surface area contributed by atoms with Crippen LogP contribution in [-0.4, -0.2) is 89.6 Å². The van der Waals surface area contributed by atoms with Gasteiger partial charge in [-0.3, -0.25) is 4.79 Å². The SMILES string of the molecule is CC(C)Oc1cc2c(cc1Nc1ncc(Cl)c(Nc3ccccc3S(=O)(=O)C(C)C)n1)C(=O)N(C1CCN(CCO)CC1)CO2. The highest BCUT2D eigenvalue weighted by Gasteiger charge is 2.34. The molecule has 45 heavy (non-hydrogen) atoms. The number of amides is 1. The molecule has 0 spiro atoms. The van der Waals surface area contributed by atoms with Crippen LogP contribution < -0.4 is 20.1 Å². The van der Waals surface area contributed by atoms with Crippen molar-refractivity contribution < 1.29 is 27.8 Å². The van der Waals surface area contributed by atoms with Crippen LogP contribution in [0.4, 0.5) is 23.1 Å². The number of aliphatic hydroxyl groups is 1. The van der Waals surface area contributed by atoms with E-state index in [2.05, 4.69) is 25.5 Å². The number of carbonyl (C=O) groups excluding carboxylic acids is 1. The molecule has 0 radical (unpaired) electrons. The first-order valence-electron chi connectivity index (χ1n) is 15.0. The van der Waals surface area contributed by atoms with E-state index in [4.69, 9.17) is 21.1 Å². The zero-order chi connectivity index (χ0) is 32.3. The molecule has 1 saturated heterocycles. The molecular weight excluding hydrogens is 620 g/mol. The average molecular weight is 659 g/mol. The van der Waals surface area contributed by atoms with Gasteiger partial charge >= 0.3 is 0 Å². The van der Waals surface area contributed by atoms with E-state index in [1.807, 2.05) is 13.8 Å². The molecule has 2 aliphatic rings. The molecule has 3 N–H and O–H groups in total. The topological polar surface area (TPSA) is 146 Å². The van der Waals surface area contributed by atoms with Gasteiger partial charge in [0, 0.05) is 31.7 Å². The monoisotopic (exact) mass is 658 g/mol. The lowest BCUT2D eigenvalue weighted by atomic mass is 10.0. The maximum Gasteiger partial charge on any atom is 0.260 e. The van der Waals surface area contributed by atoms with E-state index in [-0.39, 0.29) is 53.1 Å².